The lowest BCUT2D eigenvalue weighted by atomic mass is 9.91. The highest BCUT2D eigenvalue weighted by atomic mass is 16.3. The first kappa shape index (κ1) is 8.39. The quantitative estimate of drug-likeness (QED) is 0.407. The van der Waals surface area contributed by atoms with E-state index in [1.54, 1.807) is 0 Å². The second kappa shape index (κ2) is 3.13. The zero-order valence-electron chi connectivity index (χ0n) is 5.97. The van der Waals surface area contributed by atoms with Crippen molar-refractivity contribution in [3.63, 3.8) is 0 Å². The molecule has 0 heterocycles. The number of nitrogens with two attached hydrogens (primary N) is 1. The van der Waals surface area contributed by atoms with Crippen molar-refractivity contribution in [3.05, 3.63) is 11.6 Å². The van der Waals surface area contributed by atoms with Crippen LogP contribution in [0.4, 0.5) is 0 Å². The molecule has 0 aromatic rings. The van der Waals surface area contributed by atoms with Gasteiger partial charge in [0.1, 0.15) is 6.29 Å². The smallest absolute Gasteiger partial charge is 0.145 e. The van der Waals surface area contributed by atoms with Gasteiger partial charge >= 0.3 is 0 Å². The van der Waals surface area contributed by atoms with E-state index in [9.17, 15) is 4.79 Å². The van der Waals surface area contributed by atoms with Gasteiger partial charge in [-0.2, -0.15) is 0 Å². The largest absolute Gasteiger partial charge is 0.391 e. The van der Waals surface area contributed by atoms with Crippen LogP contribution in [0.5, 0.6) is 0 Å². The number of aliphatic hydroxyl groups excluding tert-OH is 2. The summed E-state index contributed by atoms with van der Waals surface area (Å²) in [7, 11) is 0. The predicted octanol–water partition coefficient (Wildman–Crippen LogP) is -1.44. The number of carbonyl (C=O) groups excluding carboxylic acids is 1. The fourth-order valence-corrected chi connectivity index (χ4v) is 1.09. The number of hydrogen-bond donors (Lipinski definition) is 3. The molecule has 0 saturated carbocycles. The van der Waals surface area contributed by atoms with E-state index in [2.05, 4.69) is 0 Å². The molecule has 11 heavy (non-hydrogen) atoms. The zero-order valence-corrected chi connectivity index (χ0v) is 5.97. The normalized spacial score (nSPS) is 38.1. The van der Waals surface area contributed by atoms with Crippen molar-refractivity contribution in [1.29, 1.82) is 0 Å². The van der Waals surface area contributed by atoms with Crippen LogP contribution in [0.15, 0.2) is 11.6 Å². The van der Waals surface area contributed by atoms with Crippen LogP contribution in [0.25, 0.3) is 0 Å². The number of aldehydes is 1. The topological polar surface area (TPSA) is 83.5 Å². The number of rotatable bonds is 1. The van der Waals surface area contributed by atoms with Gasteiger partial charge < -0.3 is 15.9 Å². The fraction of sp³-hybridized carbons (Fsp3) is 0.571. The molecule has 0 amide bonds. The molecule has 1 aliphatic carbocycles. The van der Waals surface area contributed by atoms with E-state index in [4.69, 9.17) is 15.9 Å². The van der Waals surface area contributed by atoms with Crippen molar-refractivity contribution in [2.24, 2.45) is 5.73 Å². The Morgan fingerprint density at radius 1 is 1.64 bits per heavy atom. The second-order valence-electron chi connectivity index (χ2n) is 2.70. The molecule has 0 spiro atoms. The summed E-state index contributed by atoms with van der Waals surface area (Å²) in [5, 5.41) is 18.3. The summed E-state index contributed by atoms with van der Waals surface area (Å²) in [5.74, 6) is 0. The fourth-order valence-electron chi connectivity index (χ4n) is 1.09. The lowest BCUT2D eigenvalue weighted by molar-refractivity contribution is -0.105. The summed E-state index contributed by atoms with van der Waals surface area (Å²) in [6.07, 6.45) is 0.527. The highest BCUT2D eigenvalue weighted by molar-refractivity contribution is 5.73. The van der Waals surface area contributed by atoms with Crippen LogP contribution in [-0.2, 0) is 4.79 Å². The summed E-state index contributed by atoms with van der Waals surface area (Å²) < 4.78 is 0. The van der Waals surface area contributed by atoms with Gasteiger partial charge in [-0.25, -0.2) is 0 Å². The lowest BCUT2D eigenvalue weighted by Gasteiger charge is -2.26. The van der Waals surface area contributed by atoms with Crippen molar-refractivity contribution in [1.82, 2.24) is 0 Å². The van der Waals surface area contributed by atoms with Crippen LogP contribution in [0.2, 0.25) is 0 Å². The SMILES string of the molecule is N[C@@H]1[C@H](O)CC(C=O)=C[C@@H]1O. The van der Waals surface area contributed by atoms with Crippen LogP contribution in [0.1, 0.15) is 6.42 Å². The van der Waals surface area contributed by atoms with Crippen molar-refractivity contribution in [2.45, 2.75) is 24.7 Å². The van der Waals surface area contributed by atoms with E-state index in [0.717, 1.165) is 0 Å². The molecule has 0 aromatic carbocycles. The van der Waals surface area contributed by atoms with Crippen LogP contribution in [-0.4, -0.2) is 34.7 Å². The minimum Gasteiger partial charge on any atom is -0.391 e. The number of carbonyl (C=O) groups is 1. The van der Waals surface area contributed by atoms with Crippen molar-refractivity contribution in [3.8, 4) is 0 Å². The van der Waals surface area contributed by atoms with E-state index in [0.29, 0.717) is 11.9 Å². The second-order valence-corrected chi connectivity index (χ2v) is 2.70. The molecule has 4 heteroatoms. The summed E-state index contributed by atoms with van der Waals surface area (Å²) in [4.78, 5) is 10.2. The van der Waals surface area contributed by atoms with Crippen molar-refractivity contribution >= 4 is 6.29 Å². The third-order valence-corrected chi connectivity index (χ3v) is 1.82. The minimum absolute atomic E-state index is 0.238. The predicted molar refractivity (Wildman–Crippen MR) is 38.8 cm³/mol. The van der Waals surface area contributed by atoms with Gasteiger partial charge in [0, 0.05) is 6.42 Å². The molecule has 62 valence electrons. The van der Waals surface area contributed by atoms with Gasteiger partial charge in [-0.1, -0.05) is 0 Å². The Morgan fingerprint density at radius 3 is 2.73 bits per heavy atom. The highest BCUT2D eigenvalue weighted by Gasteiger charge is 2.27. The molecule has 0 saturated heterocycles. The first-order valence-electron chi connectivity index (χ1n) is 3.42. The molecule has 1 aliphatic rings. The van der Waals surface area contributed by atoms with Crippen LogP contribution in [0, 0.1) is 0 Å². The Balaban J connectivity index is 2.75. The molecule has 1 rings (SSSR count). The van der Waals surface area contributed by atoms with Crippen LogP contribution in [0.3, 0.4) is 0 Å². The van der Waals surface area contributed by atoms with E-state index in [1.165, 1.54) is 6.08 Å². The molecular formula is C7H11NO3. The maximum absolute atomic E-state index is 10.2. The van der Waals surface area contributed by atoms with E-state index in [1.807, 2.05) is 0 Å². The Bertz CT molecular complexity index is 190. The number of hydrogen-bond acceptors (Lipinski definition) is 4. The maximum Gasteiger partial charge on any atom is 0.145 e. The maximum atomic E-state index is 10.2. The average molecular weight is 157 g/mol. The molecule has 0 bridgehead atoms. The summed E-state index contributed by atoms with van der Waals surface area (Å²) >= 11 is 0. The van der Waals surface area contributed by atoms with E-state index >= 15 is 0 Å². The summed E-state index contributed by atoms with van der Waals surface area (Å²) in [6, 6.07) is -0.668. The lowest BCUT2D eigenvalue weighted by Crippen LogP contribution is -2.46. The Kier molecular flexibility index (Phi) is 2.38. The van der Waals surface area contributed by atoms with Crippen molar-refractivity contribution in [2.75, 3.05) is 0 Å². The Labute approximate surface area is 64.3 Å². The van der Waals surface area contributed by atoms with E-state index < -0.39 is 18.2 Å². The number of aliphatic hydroxyl groups is 2. The average Bonchev–Trinajstić information content (AvgIpc) is 1.99. The standard InChI is InChI=1S/C7H11NO3/c8-7-5(10)1-4(3-9)2-6(7)11/h1,3,5-7,10-11H,2,8H2/t5-,6+,7-/m0/s1. The molecule has 0 aromatic heterocycles. The molecule has 4 nitrogen and oxygen atoms in total. The molecule has 0 radical (unpaired) electrons. The Hall–Kier alpha value is -0.710. The Morgan fingerprint density at radius 2 is 2.27 bits per heavy atom. The van der Waals surface area contributed by atoms with Gasteiger partial charge in [-0.3, -0.25) is 4.79 Å². The van der Waals surface area contributed by atoms with Crippen LogP contribution >= 0.6 is 0 Å². The summed E-state index contributed by atoms with van der Waals surface area (Å²) in [5.41, 5.74) is 5.79. The van der Waals surface area contributed by atoms with Gasteiger partial charge in [0.15, 0.2) is 0 Å². The molecular weight excluding hydrogens is 146 g/mol. The zero-order chi connectivity index (χ0) is 8.43. The van der Waals surface area contributed by atoms with Gasteiger partial charge in [0.2, 0.25) is 0 Å². The van der Waals surface area contributed by atoms with Gasteiger partial charge in [0.05, 0.1) is 18.2 Å². The van der Waals surface area contributed by atoms with Crippen molar-refractivity contribution < 1.29 is 15.0 Å². The first-order chi connectivity index (χ1) is 5.15. The summed E-state index contributed by atoms with van der Waals surface area (Å²) in [6.45, 7) is 0. The molecule has 0 fully saturated rings. The molecule has 0 unspecified atom stereocenters. The van der Waals surface area contributed by atoms with Gasteiger partial charge in [0.25, 0.3) is 0 Å². The first-order valence-corrected chi connectivity index (χ1v) is 3.42. The molecule has 0 aliphatic heterocycles. The minimum atomic E-state index is -0.904. The highest BCUT2D eigenvalue weighted by Crippen LogP contribution is 2.16. The third-order valence-electron chi connectivity index (χ3n) is 1.82. The van der Waals surface area contributed by atoms with Crippen LogP contribution < -0.4 is 5.73 Å². The monoisotopic (exact) mass is 157 g/mol. The molecule has 4 N–H and O–H groups in total. The van der Waals surface area contributed by atoms with E-state index in [-0.39, 0.29) is 6.42 Å². The third kappa shape index (κ3) is 1.65. The van der Waals surface area contributed by atoms with Gasteiger partial charge in [-0.15, -0.1) is 0 Å². The van der Waals surface area contributed by atoms with Gasteiger partial charge in [-0.05, 0) is 11.6 Å². The molecule has 3 atom stereocenters.